The van der Waals surface area contributed by atoms with Crippen LogP contribution in [0.2, 0.25) is 0 Å². The third-order valence-electron chi connectivity index (χ3n) is 3.07. The molecule has 100 valence electrons. The van der Waals surface area contributed by atoms with Gasteiger partial charge in [0.15, 0.2) is 5.72 Å². The first kappa shape index (κ1) is 13.3. The number of aliphatic hydroxyl groups excluding tert-OH is 4. The molecule has 1 aromatic carbocycles. The van der Waals surface area contributed by atoms with Crippen LogP contribution in [-0.2, 0) is 4.74 Å². The van der Waals surface area contributed by atoms with Crippen molar-refractivity contribution in [1.82, 2.24) is 0 Å². The van der Waals surface area contributed by atoms with Crippen molar-refractivity contribution in [3.05, 3.63) is 30.3 Å². The van der Waals surface area contributed by atoms with E-state index in [9.17, 15) is 20.4 Å². The van der Waals surface area contributed by atoms with E-state index < -0.39 is 30.6 Å². The molecule has 1 aliphatic heterocycles. The molecular formula is C12H17NO5. The Labute approximate surface area is 104 Å². The molecule has 0 amide bonds. The molecule has 6 nitrogen and oxygen atoms in total. The van der Waals surface area contributed by atoms with Crippen LogP contribution in [0, 0.1) is 0 Å². The van der Waals surface area contributed by atoms with Crippen molar-refractivity contribution in [2.45, 2.75) is 24.0 Å². The number of nitrogens with one attached hydrogen (secondary N) is 1. The lowest BCUT2D eigenvalue weighted by atomic mass is 9.94. The van der Waals surface area contributed by atoms with Gasteiger partial charge in [0.25, 0.3) is 0 Å². The largest absolute Gasteiger partial charge is 0.391 e. The van der Waals surface area contributed by atoms with E-state index in [1.54, 1.807) is 24.3 Å². The lowest BCUT2D eigenvalue weighted by molar-refractivity contribution is -0.235. The van der Waals surface area contributed by atoms with Crippen molar-refractivity contribution in [2.24, 2.45) is 0 Å². The highest BCUT2D eigenvalue weighted by Gasteiger charge is 2.49. The van der Waals surface area contributed by atoms with Crippen LogP contribution < -0.4 is 5.32 Å². The maximum atomic E-state index is 9.96. The molecule has 18 heavy (non-hydrogen) atoms. The third-order valence-corrected chi connectivity index (χ3v) is 3.07. The van der Waals surface area contributed by atoms with Gasteiger partial charge in [0.2, 0.25) is 0 Å². The van der Waals surface area contributed by atoms with Gasteiger partial charge in [-0.25, -0.2) is 0 Å². The highest BCUT2D eigenvalue weighted by molar-refractivity contribution is 5.45. The Morgan fingerprint density at radius 2 is 1.89 bits per heavy atom. The number of anilines is 1. The first-order valence-electron chi connectivity index (χ1n) is 5.71. The molecule has 0 bridgehead atoms. The van der Waals surface area contributed by atoms with Crippen molar-refractivity contribution in [3.8, 4) is 0 Å². The van der Waals surface area contributed by atoms with E-state index in [-0.39, 0.29) is 6.61 Å². The van der Waals surface area contributed by atoms with Crippen molar-refractivity contribution in [1.29, 1.82) is 0 Å². The fraction of sp³-hybridized carbons (Fsp3) is 0.500. The monoisotopic (exact) mass is 255 g/mol. The zero-order valence-corrected chi connectivity index (χ0v) is 9.73. The van der Waals surface area contributed by atoms with E-state index in [1.165, 1.54) is 0 Å². The van der Waals surface area contributed by atoms with Gasteiger partial charge in [0.1, 0.15) is 18.3 Å². The van der Waals surface area contributed by atoms with Gasteiger partial charge in [-0.3, -0.25) is 0 Å². The Morgan fingerprint density at radius 1 is 1.22 bits per heavy atom. The van der Waals surface area contributed by atoms with Gasteiger partial charge in [0.05, 0.1) is 13.2 Å². The smallest absolute Gasteiger partial charge is 0.190 e. The maximum absolute atomic E-state index is 9.96. The van der Waals surface area contributed by atoms with E-state index in [2.05, 4.69) is 5.32 Å². The molecule has 4 atom stereocenters. The van der Waals surface area contributed by atoms with E-state index in [0.717, 1.165) is 0 Å². The number of rotatable bonds is 3. The molecule has 1 fully saturated rings. The first-order valence-corrected chi connectivity index (χ1v) is 5.71. The summed E-state index contributed by atoms with van der Waals surface area (Å²) >= 11 is 0. The number of benzene rings is 1. The summed E-state index contributed by atoms with van der Waals surface area (Å²) in [5.41, 5.74) is -0.880. The Hall–Kier alpha value is -1.18. The quantitative estimate of drug-likeness (QED) is 0.470. The lowest BCUT2D eigenvalue weighted by Gasteiger charge is -2.45. The summed E-state index contributed by atoms with van der Waals surface area (Å²) in [6, 6.07) is 8.88. The van der Waals surface area contributed by atoms with Crippen LogP contribution in [0.15, 0.2) is 30.3 Å². The van der Waals surface area contributed by atoms with E-state index >= 15 is 0 Å². The Morgan fingerprint density at radius 3 is 2.50 bits per heavy atom. The number of ether oxygens (including phenoxy) is 1. The standard InChI is InChI=1S/C12H17NO5/c14-7-12(13-8-4-2-1-3-5-8)11(17)10(16)9(15)6-18-12/h1-5,9-11,13-17H,6-7H2/t9-,10+,11-,12-/m1/s1. The van der Waals surface area contributed by atoms with Gasteiger partial charge in [-0.05, 0) is 12.1 Å². The summed E-state index contributed by atoms with van der Waals surface area (Å²) in [6.07, 6.45) is -3.98. The summed E-state index contributed by atoms with van der Waals surface area (Å²) in [6.45, 7) is -0.703. The molecule has 2 rings (SSSR count). The molecule has 1 aliphatic rings. The molecular weight excluding hydrogens is 238 g/mol. The molecule has 1 heterocycles. The molecule has 5 N–H and O–H groups in total. The molecule has 0 radical (unpaired) electrons. The number of hydrogen-bond donors (Lipinski definition) is 5. The van der Waals surface area contributed by atoms with Crippen LogP contribution in [0.3, 0.4) is 0 Å². The Bertz CT molecular complexity index is 387. The van der Waals surface area contributed by atoms with Crippen molar-refractivity contribution in [2.75, 3.05) is 18.5 Å². The Kier molecular flexibility index (Phi) is 3.84. The fourth-order valence-electron chi connectivity index (χ4n) is 1.96. The SMILES string of the molecule is OC[C@@]1(Nc2ccccc2)OC[C@@H](O)[C@H](O)[C@H]1O. The summed E-state index contributed by atoms with van der Waals surface area (Å²) < 4.78 is 5.29. The second-order valence-corrected chi connectivity index (χ2v) is 4.35. The van der Waals surface area contributed by atoms with Gasteiger partial charge in [-0.15, -0.1) is 0 Å². The van der Waals surface area contributed by atoms with Gasteiger partial charge in [-0.1, -0.05) is 18.2 Å². The van der Waals surface area contributed by atoms with Gasteiger partial charge < -0.3 is 30.5 Å². The zero-order chi connectivity index (χ0) is 13.2. The summed E-state index contributed by atoms with van der Waals surface area (Å²) in [4.78, 5) is 0. The van der Waals surface area contributed by atoms with Crippen LogP contribution in [0.1, 0.15) is 0 Å². The van der Waals surface area contributed by atoms with E-state index in [0.29, 0.717) is 5.69 Å². The highest BCUT2D eigenvalue weighted by atomic mass is 16.6. The number of para-hydroxylation sites is 1. The maximum Gasteiger partial charge on any atom is 0.190 e. The van der Waals surface area contributed by atoms with Crippen LogP contribution in [0.4, 0.5) is 5.69 Å². The molecule has 0 saturated carbocycles. The van der Waals surface area contributed by atoms with Crippen molar-refractivity contribution < 1.29 is 25.2 Å². The predicted octanol–water partition coefficient (Wildman–Crippen LogP) is -1.10. The van der Waals surface area contributed by atoms with E-state index in [1.807, 2.05) is 6.07 Å². The first-order chi connectivity index (χ1) is 8.59. The molecule has 6 heteroatoms. The van der Waals surface area contributed by atoms with Gasteiger partial charge in [0, 0.05) is 5.69 Å². The fourth-order valence-corrected chi connectivity index (χ4v) is 1.96. The van der Waals surface area contributed by atoms with Crippen LogP contribution in [0.5, 0.6) is 0 Å². The van der Waals surface area contributed by atoms with Crippen LogP contribution in [-0.4, -0.2) is 57.7 Å². The molecule has 1 aromatic rings. The molecule has 1 saturated heterocycles. The van der Waals surface area contributed by atoms with Crippen molar-refractivity contribution in [3.63, 3.8) is 0 Å². The molecule has 0 aliphatic carbocycles. The van der Waals surface area contributed by atoms with Gasteiger partial charge >= 0.3 is 0 Å². The topological polar surface area (TPSA) is 102 Å². The highest BCUT2D eigenvalue weighted by Crippen LogP contribution is 2.27. The molecule has 0 unspecified atom stereocenters. The summed E-state index contributed by atoms with van der Waals surface area (Å²) in [5, 5.41) is 41.3. The molecule has 0 spiro atoms. The lowest BCUT2D eigenvalue weighted by Crippen LogP contribution is -2.66. The van der Waals surface area contributed by atoms with Crippen LogP contribution >= 0.6 is 0 Å². The zero-order valence-electron chi connectivity index (χ0n) is 9.73. The second-order valence-electron chi connectivity index (χ2n) is 4.35. The molecule has 0 aromatic heterocycles. The summed E-state index contributed by atoms with van der Waals surface area (Å²) in [5.74, 6) is 0. The summed E-state index contributed by atoms with van der Waals surface area (Å²) in [7, 11) is 0. The minimum Gasteiger partial charge on any atom is -0.391 e. The number of aliphatic hydroxyl groups is 4. The minimum atomic E-state index is -1.51. The Balaban J connectivity index is 2.20. The third kappa shape index (κ3) is 2.33. The predicted molar refractivity (Wildman–Crippen MR) is 63.9 cm³/mol. The van der Waals surface area contributed by atoms with E-state index in [4.69, 9.17) is 4.74 Å². The average molecular weight is 255 g/mol. The average Bonchev–Trinajstić information content (AvgIpc) is 2.41. The number of hydrogen-bond acceptors (Lipinski definition) is 6. The van der Waals surface area contributed by atoms with Crippen molar-refractivity contribution >= 4 is 5.69 Å². The normalized spacial score (nSPS) is 36.3. The minimum absolute atomic E-state index is 0.168. The van der Waals surface area contributed by atoms with Crippen LogP contribution in [0.25, 0.3) is 0 Å². The van der Waals surface area contributed by atoms with Gasteiger partial charge in [-0.2, -0.15) is 0 Å². The second kappa shape index (κ2) is 5.21.